The van der Waals surface area contributed by atoms with Gasteiger partial charge in [0.25, 0.3) is 0 Å². The number of halogens is 1. The molecule has 0 spiro atoms. The van der Waals surface area contributed by atoms with E-state index in [0.717, 1.165) is 37.4 Å². The zero-order valence-corrected chi connectivity index (χ0v) is 13.5. The Labute approximate surface area is 123 Å². The summed E-state index contributed by atoms with van der Waals surface area (Å²) in [6.45, 7) is 14.5. The Hall–Kier alpha value is -1.09. The second-order valence-electron chi connectivity index (χ2n) is 6.23. The van der Waals surface area contributed by atoms with E-state index in [1.807, 2.05) is 6.07 Å². The van der Waals surface area contributed by atoms with Crippen molar-refractivity contribution in [3.63, 3.8) is 0 Å². The summed E-state index contributed by atoms with van der Waals surface area (Å²) in [5, 5.41) is 3.41. The Kier molecular flexibility index (Phi) is 7.00. The minimum absolute atomic E-state index is 0.157. The second kappa shape index (κ2) is 8.25. The first-order valence-electron chi connectivity index (χ1n) is 7.68. The lowest BCUT2D eigenvalue weighted by Gasteiger charge is -2.27. The van der Waals surface area contributed by atoms with Crippen LogP contribution in [-0.4, -0.2) is 19.6 Å². The van der Waals surface area contributed by atoms with Crippen molar-refractivity contribution in [1.82, 2.24) is 5.32 Å². The van der Waals surface area contributed by atoms with Crippen molar-refractivity contribution in [1.29, 1.82) is 0 Å². The van der Waals surface area contributed by atoms with Crippen LogP contribution in [0.1, 0.15) is 40.2 Å². The predicted octanol–water partition coefficient (Wildman–Crippen LogP) is 4.05. The topological polar surface area (TPSA) is 15.3 Å². The van der Waals surface area contributed by atoms with Crippen LogP contribution in [-0.2, 0) is 6.54 Å². The van der Waals surface area contributed by atoms with Crippen molar-refractivity contribution in [2.75, 3.05) is 24.5 Å². The molecule has 0 unspecified atom stereocenters. The van der Waals surface area contributed by atoms with E-state index in [9.17, 15) is 4.39 Å². The fraction of sp³-hybridized carbons (Fsp3) is 0.647. The number of anilines is 1. The molecule has 3 heteroatoms. The minimum atomic E-state index is -0.157. The van der Waals surface area contributed by atoms with Crippen LogP contribution in [0.4, 0.5) is 10.1 Å². The number of nitrogens with one attached hydrogen (secondary N) is 1. The first-order chi connectivity index (χ1) is 9.43. The Bertz CT molecular complexity index is 402. The Morgan fingerprint density at radius 1 is 1.15 bits per heavy atom. The Morgan fingerprint density at radius 3 is 2.40 bits per heavy atom. The van der Waals surface area contributed by atoms with Crippen molar-refractivity contribution >= 4 is 5.69 Å². The molecule has 0 heterocycles. The molecule has 114 valence electrons. The Balaban J connectivity index is 2.87. The van der Waals surface area contributed by atoms with Crippen LogP contribution in [0.3, 0.4) is 0 Å². The van der Waals surface area contributed by atoms with Crippen molar-refractivity contribution in [3.05, 3.63) is 29.6 Å². The maximum absolute atomic E-state index is 13.5. The normalized spacial score (nSPS) is 11.4. The number of nitrogens with zero attached hydrogens (tertiary/aromatic N) is 1. The molecule has 0 aromatic heterocycles. The molecule has 0 atom stereocenters. The van der Waals surface area contributed by atoms with Gasteiger partial charge in [0.15, 0.2) is 0 Å². The molecule has 1 N–H and O–H groups in total. The zero-order valence-electron chi connectivity index (χ0n) is 13.5. The summed E-state index contributed by atoms with van der Waals surface area (Å²) in [4.78, 5) is 2.33. The SMILES string of the molecule is CCN(CC(C)C)c1ccc(F)cc1CNCC(C)C. The van der Waals surface area contributed by atoms with Crippen molar-refractivity contribution in [2.24, 2.45) is 11.8 Å². The fourth-order valence-corrected chi connectivity index (χ4v) is 2.34. The van der Waals surface area contributed by atoms with Crippen LogP contribution < -0.4 is 10.2 Å². The number of rotatable bonds is 8. The van der Waals surface area contributed by atoms with E-state index >= 15 is 0 Å². The van der Waals surface area contributed by atoms with E-state index in [1.165, 1.54) is 0 Å². The smallest absolute Gasteiger partial charge is 0.123 e. The van der Waals surface area contributed by atoms with Gasteiger partial charge >= 0.3 is 0 Å². The monoisotopic (exact) mass is 280 g/mol. The molecular weight excluding hydrogens is 251 g/mol. The molecule has 1 aromatic rings. The van der Waals surface area contributed by atoms with Crippen molar-refractivity contribution < 1.29 is 4.39 Å². The van der Waals surface area contributed by atoms with E-state index in [0.29, 0.717) is 11.8 Å². The maximum atomic E-state index is 13.5. The first-order valence-corrected chi connectivity index (χ1v) is 7.68. The van der Waals surface area contributed by atoms with Gasteiger partial charge in [0.05, 0.1) is 0 Å². The highest BCUT2D eigenvalue weighted by Gasteiger charge is 2.12. The summed E-state index contributed by atoms with van der Waals surface area (Å²) >= 11 is 0. The van der Waals surface area contributed by atoms with Gasteiger partial charge in [0.2, 0.25) is 0 Å². The maximum Gasteiger partial charge on any atom is 0.123 e. The molecule has 1 aromatic carbocycles. The van der Waals surface area contributed by atoms with Gasteiger partial charge in [0.1, 0.15) is 5.82 Å². The molecule has 0 aliphatic rings. The minimum Gasteiger partial charge on any atom is -0.371 e. The Morgan fingerprint density at radius 2 is 1.85 bits per heavy atom. The summed E-state index contributed by atoms with van der Waals surface area (Å²) in [6.07, 6.45) is 0. The van der Waals surface area contributed by atoms with Gasteiger partial charge in [-0.05, 0) is 49.1 Å². The summed E-state index contributed by atoms with van der Waals surface area (Å²) in [5.41, 5.74) is 2.20. The summed E-state index contributed by atoms with van der Waals surface area (Å²) < 4.78 is 13.5. The van der Waals surface area contributed by atoms with Gasteiger partial charge < -0.3 is 10.2 Å². The van der Waals surface area contributed by atoms with Gasteiger partial charge in [0, 0.05) is 25.3 Å². The van der Waals surface area contributed by atoms with E-state index in [1.54, 1.807) is 12.1 Å². The lowest BCUT2D eigenvalue weighted by molar-refractivity contribution is 0.548. The molecular formula is C17H29FN2. The van der Waals surface area contributed by atoms with Crippen LogP contribution in [0, 0.1) is 17.7 Å². The van der Waals surface area contributed by atoms with Crippen LogP contribution in [0.15, 0.2) is 18.2 Å². The zero-order chi connectivity index (χ0) is 15.1. The van der Waals surface area contributed by atoms with Crippen molar-refractivity contribution in [3.8, 4) is 0 Å². The molecule has 20 heavy (non-hydrogen) atoms. The van der Waals surface area contributed by atoms with Gasteiger partial charge in [-0.3, -0.25) is 0 Å². The molecule has 0 radical (unpaired) electrons. The average molecular weight is 280 g/mol. The third-order valence-corrected chi connectivity index (χ3v) is 3.22. The molecule has 0 aliphatic heterocycles. The third kappa shape index (κ3) is 5.49. The highest BCUT2D eigenvalue weighted by atomic mass is 19.1. The number of hydrogen-bond acceptors (Lipinski definition) is 2. The third-order valence-electron chi connectivity index (χ3n) is 3.22. The highest BCUT2D eigenvalue weighted by molar-refractivity contribution is 5.53. The molecule has 0 bridgehead atoms. The molecule has 1 rings (SSSR count). The lowest BCUT2D eigenvalue weighted by atomic mass is 10.1. The first kappa shape index (κ1) is 17.0. The molecule has 0 fully saturated rings. The van der Waals surface area contributed by atoms with Gasteiger partial charge in [-0.25, -0.2) is 4.39 Å². The average Bonchev–Trinajstić information content (AvgIpc) is 2.36. The highest BCUT2D eigenvalue weighted by Crippen LogP contribution is 2.22. The van der Waals surface area contributed by atoms with Gasteiger partial charge in [-0.15, -0.1) is 0 Å². The lowest BCUT2D eigenvalue weighted by Crippen LogP contribution is -2.29. The molecule has 0 amide bonds. The molecule has 0 aliphatic carbocycles. The molecule has 0 saturated heterocycles. The van der Waals surface area contributed by atoms with E-state index in [2.05, 4.69) is 44.8 Å². The second-order valence-corrected chi connectivity index (χ2v) is 6.23. The van der Waals surface area contributed by atoms with E-state index in [4.69, 9.17) is 0 Å². The van der Waals surface area contributed by atoms with E-state index in [-0.39, 0.29) is 5.82 Å². The van der Waals surface area contributed by atoms with Crippen molar-refractivity contribution in [2.45, 2.75) is 41.2 Å². The van der Waals surface area contributed by atoms with E-state index < -0.39 is 0 Å². The van der Waals surface area contributed by atoms with Crippen LogP contribution in [0.5, 0.6) is 0 Å². The summed E-state index contributed by atoms with van der Waals surface area (Å²) in [6, 6.07) is 5.13. The largest absolute Gasteiger partial charge is 0.371 e. The predicted molar refractivity (Wildman–Crippen MR) is 85.7 cm³/mol. The van der Waals surface area contributed by atoms with Crippen LogP contribution in [0.25, 0.3) is 0 Å². The van der Waals surface area contributed by atoms with Gasteiger partial charge in [-0.2, -0.15) is 0 Å². The summed E-state index contributed by atoms with van der Waals surface area (Å²) in [5.74, 6) is 1.04. The summed E-state index contributed by atoms with van der Waals surface area (Å²) in [7, 11) is 0. The number of hydrogen-bond donors (Lipinski definition) is 1. The quantitative estimate of drug-likeness (QED) is 0.772. The molecule has 0 saturated carbocycles. The van der Waals surface area contributed by atoms with Crippen LogP contribution in [0.2, 0.25) is 0 Å². The molecule has 2 nitrogen and oxygen atoms in total. The van der Waals surface area contributed by atoms with Crippen LogP contribution >= 0.6 is 0 Å². The standard InChI is InChI=1S/C17H29FN2/c1-6-20(12-14(4)5)17-8-7-16(18)9-15(17)11-19-10-13(2)3/h7-9,13-14,19H,6,10-12H2,1-5H3. The number of benzene rings is 1. The van der Waals surface area contributed by atoms with Gasteiger partial charge in [-0.1, -0.05) is 27.7 Å². The fourth-order valence-electron chi connectivity index (χ4n) is 2.34.